The zero-order chi connectivity index (χ0) is 22.5. The second kappa shape index (κ2) is 9.57. The van der Waals surface area contributed by atoms with Crippen molar-refractivity contribution in [1.82, 2.24) is 5.32 Å². The Morgan fingerprint density at radius 2 is 1.90 bits per heavy atom. The average molecular weight is 465 g/mol. The Bertz CT molecular complexity index is 1010. The zero-order valence-electron chi connectivity index (χ0n) is 16.2. The van der Waals surface area contributed by atoms with Crippen LogP contribution in [0, 0.1) is 0 Å². The molecule has 0 spiro atoms. The van der Waals surface area contributed by atoms with Crippen LogP contribution < -0.4 is 14.4 Å². The Hall–Kier alpha value is -2.46. The fourth-order valence-electron chi connectivity index (χ4n) is 2.56. The van der Waals surface area contributed by atoms with Crippen molar-refractivity contribution in [3.05, 3.63) is 58.6 Å². The van der Waals surface area contributed by atoms with Crippen molar-refractivity contribution in [2.75, 3.05) is 23.7 Å². The standard InChI is InChI=1S/C19H20ClF3N2O4S/c1-3-29-15-6-4-5-13(9-15)11-24-18(26)12-25(30(2,27)28)17-10-14(19(21,22)23)7-8-16(17)20/h4-10H,3,11-12H2,1-2H3,(H,24,26). The lowest BCUT2D eigenvalue weighted by molar-refractivity contribution is -0.137. The van der Waals surface area contributed by atoms with Crippen LogP contribution in [0.3, 0.4) is 0 Å². The summed E-state index contributed by atoms with van der Waals surface area (Å²) in [7, 11) is -4.09. The lowest BCUT2D eigenvalue weighted by Gasteiger charge is -2.24. The van der Waals surface area contributed by atoms with Gasteiger partial charge in [0.15, 0.2) is 0 Å². The molecule has 2 aromatic carbocycles. The third kappa shape index (κ3) is 6.53. The van der Waals surface area contributed by atoms with Gasteiger partial charge in [0.05, 0.1) is 29.1 Å². The molecule has 1 amide bonds. The number of alkyl halides is 3. The first-order valence-electron chi connectivity index (χ1n) is 8.74. The molecule has 0 heterocycles. The second-order valence-electron chi connectivity index (χ2n) is 6.29. The van der Waals surface area contributed by atoms with Crippen LogP contribution in [-0.4, -0.2) is 33.7 Å². The van der Waals surface area contributed by atoms with Gasteiger partial charge in [0.25, 0.3) is 0 Å². The number of hydrogen-bond acceptors (Lipinski definition) is 4. The molecule has 2 aromatic rings. The van der Waals surface area contributed by atoms with Crippen LogP contribution in [0.2, 0.25) is 5.02 Å². The summed E-state index contributed by atoms with van der Waals surface area (Å²) < 4.78 is 69.3. The molecule has 2 rings (SSSR count). The van der Waals surface area contributed by atoms with E-state index in [1.54, 1.807) is 24.3 Å². The molecule has 0 fully saturated rings. The minimum Gasteiger partial charge on any atom is -0.494 e. The Morgan fingerprint density at radius 3 is 2.50 bits per heavy atom. The molecule has 0 aliphatic carbocycles. The SMILES string of the molecule is CCOc1cccc(CNC(=O)CN(c2cc(C(F)(F)F)ccc2Cl)S(C)(=O)=O)c1. The molecule has 0 saturated carbocycles. The van der Waals surface area contributed by atoms with E-state index in [0.29, 0.717) is 28.3 Å². The number of amides is 1. The Kier molecular flexibility index (Phi) is 7.59. The van der Waals surface area contributed by atoms with E-state index in [1.165, 1.54) is 0 Å². The number of anilines is 1. The molecule has 0 aliphatic heterocycles. The molecule has 11 heteroatoms. The van der Waals surface area contributed by atoms with Crippen molar-refractivity contribution in [3.8, 4) is 5.75 Å². The van der Waals surface area contributed by atoms with Crippen LogP contribution in [0.4, 0.5) is 18.9 Å². The molecular formula is C19H20ClF3N2O4S. The maximum absolute atomic E-state index is 13.0. The van der Waals surface area contributed by atoms with E-state index in [1.807, 2.05) is 6.92 Å². The van der Waals surface area contributed by atoms with Gasteiger partial charge in [-0.2, -0.15) is 13.2 Å². The molecule has 1 N–H and O–H groups in total. The van der Waals surface area contributed by atoms with E-state index in [9.17, 15) is 26.4 Å². The van der Waals surface area contributed by atoms with Crippen LogP contribution in [-0.2, 0) is 27.5 Å². The van der Waals surface area contributed by atoms with E-state index in [2.05, 4.69) is 5.32 Å². The number of hydrogen-bond donors (Lipinski definition) is 1. The van der Waals surface area contributed by atoms with Gasteiger partial charge in [-0.25, -0.2) is 8.42 Å². The number of ether oxygens (including phenoxy) is 1. The minimum atomic E-state index is -4.70. The van der Waals surface area contributed by atoms with Crippen molar-refractivity contribution in [2.24, 2.45) is 0 Å². The lowest BCUT2D eigenvalue weighted by atomic mass is 10.2. The van der Waals surface area contributed by atoms with Crippen molar-refractivity contribution in [1.29, 1.82) is 0 Å². The summed E-state index contributed by atoms with van der Waals surface area (Å²) in [5, 5.41) is 2.31. The number of rotatable bonds is 8. The first-order chi connectivity index (χ1) is 13.9. The summed E-state index contributed by atoms with van der Waals surface area (Å²) in [5.74, 6) is -0.103. The highest BCUT2D eigenvalue weighted by atomic mass is 35.5. The fourth-order valence-corrected chi connectivity index (χ4v) is 3.69. The number of benzene rings is 2. The van der Waals surface area contributed by atoms with E-state index >= 15 is 0 Å². The predicted molar refractivity (Wildman–Crippen MR) is 108 cm³/mol. The van der Waals surface area contributed by atoms with E-state index in [4.69, 9.17) is 16.3 Å². The van der Waals surface area contributed by atoms with Gasteiger partial charge >= 0.3 is 6.18 Å². The largest absolute Gasteiger partial charge is 0.494 e. The molecule has 0 atom stereocenters. The first kappa shape index (κ1) is 23.8. The van der Waals surface area contributed by atoms with Crippen LogP contribution >= 0.6 is 11.6 Å². The second-order valence-corrected chi connectivity index (χ2v) is 8.60. The number of sulfonamides is 1. The monoisotopic (exact) mass is 464 g/mol. The summed E-state index contributed by atoms with van der Waals surface area (Å²) in [5.41, 5.74) is -0.802. The minimum absolute atomic E-state index is 0.0771. The molecule has 0 aliphatic rings. The van der Waals surface area contributed by atoms with Gasteiger partial charge in [-0.05, 0) is 42.8 Å². The zero-order valence-corrected chi connectivity index (χ0v) is 17.7. The van der Waals surface area contributed by atoms with E-state index in [0.717, 1.165) is 18.4 Å². The van der Waals surface area contributed by atoms with Gasteiger partial charge in [-0.1, -0.05) is 23.7 Å². The normalized spacial score (nSPS) is 11.8. The quantitative estimate of drug-likeness (QED) is 0.644. The van der Waals surface area contributed by atoms with E-state index < -0.39 is 39.9 Å². The van der Waals surface area contributed by atoms with Gasteiger partial charge in [0.1, 0.15) is 12.3 Å². The number of nitrogens with one attached hydrogen (secondary N) is 1. The summed E-state index contributed by atoms with van der Waals surface area (Å²) in [6.45, 7) is 1.64. The van der Waals surface area contributed by atoms with Crippen molar-refractivity contribution >= 4 is 33.2 Å². The summed E-state index contributed by atoms with van der Waals surface area (Å²) in [4.78, 5) is 12.3. The Labute approximate surface area is 177 Å². The van der Waals surface area contributed by atoms with Crippen LogP contribution in [0.25, 0.3) is 0 Å². The average Bonchev–Trinajstić information content (AvgIpc) is 2.64. The third-order valence-electron chi connectivity index (χ3n) is 3.93. The Morgan fingerprint density at radius 1 is 1.20 bits per heavy atom. The summed E-state index contributed by atoms with van der Waals surface area (Å²) in [6, 6.07) is 9.20. The molecule has 164 valence electrons. The molecule has 0 aromatic heterocycles. The van der Waals surface area contributed by atoms with Crippen molar-refractivity contribution in [2.45, 2.75) is 19.6 Å². The van der Waals surface area contributed by atoms with Crippen molar-refractivity contribution in [3.63, 3.8) is 0 Å². The first-order valence-corrected chi connectivity index (χ1v) is 11.0. The smallest absolute Gasteiger partial charge is 0.416 e. The molecule has 0 unspecified atom stereocenters. The number of carbonyl (C=O) groups excluding carboxylic acids is 1. The van der Waals surface area contributed by atoms with Crippen LogP contribution in [0.15, 0.2) is 42.5 Å². The number of nitrogens with zero attached hydrogens (tertiary/aromatic N) is 1. The van der Waals surface area contributed by atoms with Crippen LogP contribution in [0.1, 0.15) is 18.1 Å². The van der Waals surface area contributed by atoms with Gasteiger partial charge in [0.2, 0.25) is 15.9 Å². The molecule has 30 heavy (non-hydrogen) atoms. The van der Waals surface area contributed by atoms with Crippen molar-refractivity contribution < 1.29 is 31.1 Å². The fraction of sp³-hybridized carbons (Fsp3) is 0.316. The highest BCUT2D eigenvalue weighted by molar-refractivity contribution is 7.92. The highest BCUT2D eigenvalue weighted by Gasteiger charge is 2.33. The van der Waals surface area contributed by atoms with Crippen LogP contribution in [0.5, 0.6) is 5.75 Å². The molecule has 6 nitrogen and oxygen atoms in total. The van der Waals surface area contributed by atoms with E-state index in [-0.39, 0.29) is 11.6 Å². The molecule has 0 bridgehead atoms. The summed E-state index contributed by atoms with van der Waals surface area (Å²) >= 11 is 5.93. The topological polar surface area (TPSA) is 75.7 Å². The summed E-state index contributed by atoms with van der Waals surface area (Å²) in [6.07, 6.45) is -3.92. The van der Waals surface area contributed by atoms with Gasteiger partial charge in [-0.15, -0.1) is 0 Å². The molecule has 0 radical (unpaired) electrons. The predicted octanol–water partition coefficient (Wildman–Crippen LogP) is 3.84. The van der Waals surface area contributed by atoms with Gasteiger partial charge in [-0.3, -0.25) is 9.10 Å². The number of halogens is 4. The maximum atomic E-state index is 13.0. The van der Waals surface area contributed by atoms with Gasteiger partial charge < -0.3 is 10.1 Å². The molecule has 0 saturated heterocycles. The maximum Gasteiger partial charge on any atom is 0.416 e. The third-order valence-corrected chi connectivity index (χ3v) is 5.37. The number of carbonyl (C=O) groups is 1. The van der Waals surface area contributed by atoms with Gasteiger partial charge in [0, 0.05) is 6.54 Å². The Balaban J connectivity index is 2.20. The lowest BCUT2D eigenvalue weighted by Crippen LogP contribution is -2.40. The molecular weight excluding hydrogens is 445 g/mol. The highest BCUT2D eigenvalue weighted by Crippen LogP contribution is 2.36.